The van der Waals surface area contributed by atoms with Crippen LogP contribution < -0.4 is 4.74 Å². The van der Waals surface area contributed by atoms with E-state index in [1.54, 1.807) is 6.26 Å². The lowest BCUT2D eigenvalue weighted by Gasteiger charge is -2.25. The summed E-state index contributed by atoms with van der Waals surface area (Å²) in [6.07, 6.45) is 1.07. The Bertz CT molecular complexity index is 1200. The van der Waals surface area contributed by atoms with Gasteiger partial charge in [0.2, 0.25) is 5.88 Å². The van der Waals surface area contributed by atoms with Crippen LogP contribution in [-0.4, -0.2) is 45.1 Å². The second kappa shape index (κ2) is 12.0. The summed E-state index contributed by atoms with van der Waals surface area (Å²) in [5.74, 6) is 2.21. The molecule has 2 aromatic carbocycles. The number of aliphatic hydroxyl groups excluding tert-OH is 1. The Morgan fingerprint density at radius 3 is 2.39 bits per heavy atom. The van der Waals surface area contributed by atoms with Crippen molar-refractivity contribution < 1.29 is 19.0 Å². The number of furan rings is 1. The van der Waals surface area contributed by atoms with Crippen molar-refractivity contribution in [3.8, 4) is 17.3 Å². The molecule has 0 saturated heterocycles. The maximum Gasteiger partial charge on any atom is 0.227 e. The fourth-order valence-electron chi connectivity index (χ4n) is 3.97. The van der Waals surface area contributed by atoms with Crippen LogP contribution in [0.25, 0.3) is 5.69 Å². The molecular weight excluding hydrogens is 454 g/mol. The Kier molecular flexibility index (Phi) is 8.59. The molecule has 2 heterocycles. The Balaban J connectivity index is 1.67. The van der Waals surface area contributed by atoms with E-state index in [1.807, 2.05) is 92.2 Å². The SMILES string of the molecule is Cc1ccc(Oc2c(CN(Cc3ccco3)C[C@@H](O)COC(C)C)c(C)nn2-c2ccccc2)cc1. The maximum atomic E-state index is 10.7. The zero-order valence-corrected chi connectivity index (χ0v) is 21.4. The molecule has 0 saturated carbocycles. The second-order valence-electron chi connectivity index (χ2n) is 9.32. The molecule has 0 amide bonds. The molecule has 1 N–H and O–H groups in total. The van der Waals surface area contributed by atoms with E-state index in [0.29, 0.717) is 25.5 Å². The van der Waals surface area contributed by atoms with E-state index in [9.17, 15) is 5.11 Å². The van der Waals surface area contributed by atoms with Gasteiger partial charge >= 0.3 is 0 Å². The van der Waals surface area contributed by atoms with Gasteiger partial charge in [-0.2, -0.15) is 5.10 Å². The molecule has 190 valence electrons. The highest BCUT2D eigenvalue weighted by Gasteiger charge is 2.23. The summed E-state index contributed by atoms with van der Waals surface area (Å²) >= 11 is 0. The van der Waals surface area contributed by atoms with Crippen LogP contribution in [0.4, 0.5) is 0 Å². The van der Waals surface area contributed by atoms with Gasteiger partial charge in [-0.25, -0.2) is 4.68 Å². The van der Waals surface area contributed by atoms with Crippen LogP contribution in [-0.2, 0) is 17.8 Å². The molecule has 0 fully saturated rings. The Labute approximate surface area is 212 Å². The summed E-state index contributed by atoms with van der Waals surface area (Å²) in [4.78, 5) is 2.13. The number of aromatic nitrogens is 2. The monoisotopic (exact) mass is 489 g/mol. The molecule has 0 aliphatic heterocycles. The molecule has 0 spiro atoms. The molecule has 2 aromatic heterocycles. The van der Waals surface area contributed by atoms with Crippen molar-refractivity contribution in [1.82, 2.24) is 14.7 Å². The van der Waals surface area contributed by atoms with Gasteiger partial charge in [-0.1, -0.05) is 35.9 Å². The fraction of sp³-hybridized carbons (Fsp3) is 0.345. The highest BCUT2D eigenvalue weighted by atomic mass is 16.5. The lowest BCUT2D eigenvalue weighted by Crippen LogP contribution is -2.35. The van der Waals surface area contributed by atoms with Crippen molar-refractivity contribution >= 4 is 0 Å². The van der Waals surface area contributed by atoms with Crippen LogP contribution >= 0.6 is 0 Å². The molecule has 36 heavy (non-hydrogen) atoms. The minimum absolute atomic E-state index is 0.0547. The van der Waals surface area contributed by atoms with Gasteiger partial charge in [0.25, 0.3) is 0 Å². The molecule has 0 radical (unpaired) electrons. The zero-order chi connectivity index (χ0) is 25.5. The van der Waals surface area contributed by atoms with Crippen LogP contribution in [0.5, 0.6) is 11.6 Å². The van der Waals surface area contributed by atoms with Crippen molar-refractivity contribution in [3.63, 3.8) is 0 Å². The molecular formula is C29H35N3O4. The van der Waals surface area contributed by atoms with Gasteiger partial charge in [-0.15, -0.1) is 0 Å². The molecule has 0 unspecified atom stereocenters. The molecule has 0 aliphatic carbocycles. The van der Waals surface area contributed by atoms with Crippen molar-refractivity contribution in [2.45, 2.75) is 53.0 Å². The summed E-state index contributed by atoms with van der Waals surface area (Å²) in [5, 5.41) is 15.5. The smallest absolute Gasteiger partial charge is 0.227 e. The average Bonchev–Trinajstić information content (AvgIpc) is 3.48. The highest BCUT2D eigenvalue weighted by Crippen LogP contribution is 2.32. The minimum Gasteiger partial charge on any atom is -0.468 e. The van der Waals surface area contributed by atoms with E-state index in [0.717, 1.165) is 34.0 Å². The molecule has 1 atom stereocenters. The third kappa shape index (κ3) is 6.85. The predicted octanol–water partition coefficient (Wildman–Crippen LogP) is 5.66. The first-order valence-electron chi connectivity index (χ1n) is 12.3. The minimum atomic E-state index is -0.645. The van der Waals surface area contributed by atoms with E-state index in [4.69, 9.17) is 19.0 Å². The van der Waals surface area contributed by atoms with Crippen molar-refractivity contribution in [2.24, 2.45) is 0 Å². The van der Waals surface area contributed by atoms with Crippen molar-refractivity contribution in [2.75, 3.05) is 13.2 Å². The third-order valence-corrected chi connectivity index (χ3v) is 5.81. The van der Waals surface area contributed by atoms with E-state index in [2.05, 4.69) is 11.8 Å². The van der Waals surface area contributed by atoms with E-state index in [1.165, 1.54) is 0 Å². The highest BCUT2D eigenvalue weighted by molar-refractivity contribution is 5.43. The van der Waals surface area contributed by atoms with Crippen LogP contribution in [0.3, 0.4) is 0 Å². The van der Waals surface area contributed by atoms with Crippen LogP contribution in [0.1, 0.15) is 36.4 Å². The van der Waals surface area contributed by atoms with Gasteiger partial charge in [-0.05, 0) is 64.1 Å². The number of rotatable bonds is 12. The van der Waals surface area contributed by atoms with E-state index in [-0.39, 0.29) is 12.7 Å². The fourth-order valence-corrected chi connectivity index (χ4v) is 3.97. The van der Waals surface area contributed by atoms with Gasteiger partial charge in [0.05, 0.1) is 48.6 Å². The first-order valence-corrected chi connectivity index (χ1v) is 12.3. The predicted molar refractivity (Wildman–Crippen MR) is 139 cm³/mol. The zero-order valence-electron chi connectivity index (χ0n) is 21.4. The Morgan fingerprint density at radius 1 is 0.972 bits per heavy atom. The van der Waals surface area contributed by atoms with Gasteiger partial charge < -0.3 is 19.0 Å². The summed E-state index contributed by atoms with van der Waals surface area (Å²) in [6, 6.07) is 21.7. The van der Waals surface area contributed by atoms with Crippen LogP contribution in [0, 0.1) is 13.8 Å². The van der Waals surface area contributed by atoms with Crippen LogP contribution in [0.15, 0.2) is 77.4 Å². The lowest BCUT2D eigenvalue weighted by atomic mass is 10.2. The number of para-hydroxylation sites is 1. The van der Waals surface area contributed by atoms with Gasteiger partial charge in [0, 0.05) is 13.1 Å². The van der Waals surface area contributed by atoms with Crippen molar-refractivity contribution in [3.05, 3.63) is 95.6 Å². The molecule has 4 aromatic rings. The largest absolute Gasteiger partial charge is 0.468 e. The second-order valence-corrected chi connectivity index (χ2v) is 9.32. The van der Waals surface area contributed by atoms with E-state index >= 15 is 0 Å². The summed E-state index contributed by atoms with van der Waals surface area (Å²) in [5.41, 5.74) is 3.88. The topological polar surface area (TPSA) is 72.9 Å². The van der Waals surface area contributed by atoms with Crippen molar-refractivity contribution in [1.29, 1.82) is 0 Å². The summed E-state index contributed by atoms with van der Waals surface area (Å²) in [7, 11) is 0. The summed E-state index contributed by atoms with van der Waals surface area (Å²) < 4.78 is 19.6. The van der Waals surface area contributed by atoms with Gasteiger partial charge in [-0.3, -0.25) is 4.90 Å². The third-order valence-electron chi connectivity index (χ3n) is 5.81. The number of aliphatic hydroxyl groups is 1. The van der Waals surface area contributed by atoms with Gasteiger partial charge in [0.15, 0.2) is 0 Å². The molecule has 0 aliphatic rings. The quantitative estimate of drug-likeness (QED) is 0.277. The maximum absolute atomic E-state index is 10.7. The standard InChI is InChI=1S/C29H35N3O4/c1-21(2)35-20-25(33)17-31(18-27-11-8-16-34-27)19-28-23(4)30-32(24-9-6-5-7-10-24)29(28)36-26-14-12-22(3)13-15-26/h5-16,21,25,33H,17-20H2,1-4H3/t25-/m1/s1. The average molecular weight is 490 g/mol. The number of hydrogen-bond acceptors (Lipinski definition) is 6. The number of ether oxygens (including phenoxy) is 2. The number of nitrogens with zero attached hydrogens (tertiary/aromatic N) is 3. The first-order chi connectivity index (χ1) is 17.4. The molecule has 0 bridgehead atoms. The Morgan fingerprint density at radius 2 is 1.72 bits per heavy atom. The molecule has 7 heteroatoms. The summed E-state index contributed by atoms with van der Waals surface area (Å²) in [6.45, 7) is 9.68. The number of hydrogen-bond donors (Lipinski definition) is 1. The first kappa shape index (κ1) is 25.7. The number of aryl methyl sites for hydroxylation is 2. The van der Waals surface area contributed by atoms with E-state index < -0.39 is 6.10 Å². The Hall–Kier alpha value is -3.39. The normalized spacial score (nSPS) is 12.4. The van der Waals surface area contributed by atoms with Gasteiger partial charge in [0.1, 0.15) is 11.5 Å². The molecule has 4 rings (SSSR count). The lowest BCUT2D eigenvalue weighted by molar-refractivity contribution is -0.0114. The molecule has 7 nitrogen and oxygen atoms in total. The van der Waals surface area contributed by atoms with Crippen LogP contribution in [0.2, 0.25) is 0 Å². The number of benzene rings is 2.